The molecule has 0 radical (unpaired) electrons. The number of hydrogen-bond acceptors (Lipinski definition) is 2. The van der Waals surface area contributed by atoms with E-state index in [0.717, 1.165) is 37.7 Å². The molecule has 4 aliphatic rings. The van der Waals surface area contributed by atoms with E-state index in [1.807, 2.05) is 11.9 Å². The number of nitrogens with zero attached hydrogens (tertiary/aromatic N) is 2. The predicted octanol–water partition coefficient (Wildman–Crippen LogP) is 6.00. The van der Waals surface area contributed by atoms with Gasteiger partial charge < -0.3 is 4.90 Å². The number of aromatic nitrogens is 1. The lowest BCUT2D eigenvalue weighted by molar-refractivity contribution is -0.135. The second-order valence-electron chi connectivity index (χ2n) is 10.2. The van der Waals surface area contributed by atoms with E-state index in [1.54, 1.807) is 12.3 Å². The number of allylic oxidation sites excluding steroid dienone is 4. The summed E-state index contributed by atoms with van der Waals surface area (Å²) in [6.45, 7) is 4.69. The number of likely N-dealkylation sites (tertiary alicyclic amines) is 1. The van der Waals surface area contributed by atoms with E-state index in [0.29, 0.717) is 24.2 Å². The van der Waals surface area contributed by atoms with Crippen LogP contribution >= 0.6 is 0 Å². The Morgan fingerprint density at radius 2 is 1.90 bits per heavy atom. The molecule has 0 unspecified atom stereocenters. The van der Waals surface area contributed by atoms with Crippen LogP contribution < -0.4 is 0 Å². The van der Waals surface area contributed by atoms with Crippen molar-refractivity contribution in [2.24, 2.45) is 28.6 Å². The molecule has 1 aromatic heterocycles. The average molecular weight is 413 g/mol. The summed E-state index contributed by atoms with van der Waals surface area (Å²) in [6.07, 6.45) is 10.9. The second kappa shape index (κ2) is 6.73. The van der Waals surface area contributed by atoms with Crippen LogP contribution in [-0.4, -0.2) is 22.8 Å². The van der Waals surface area contributed by atoms with Crippen molar-refractivity contribution in [2.45, 2.75) is 58.8 Å². The van der Waals surface area contributed by atoms with E-state index in [-0.39, 0.29) is 22.3 Å². The Kier molecular flexibility index (Phi) is 4.46. The summed E-state index contributed by atoms with van der Waals surface area (Å²) < 4.78 is 26.5. The molecule has 1 saturated heterocycles. The molecular formula is C25H30F2N2O. The van der Waals surface area contributed by atoms with E-state index in [1.165, 1.54) is 17.5 Å². The van der Waals surface area contributed by atoms with Gasteiger partial charge in [-0.25, -0.2) is 8.78 Å². The minimum absolute atomic E-state index is 0.00167. The SMILES string of the molecule is CN1C(=O)CC[C@@]2(C)C1=CC[C@@H]1[C@@H]2CC[C@]2(C)C(c3cncc(C(F)F)c3)=CC[C@@H]12. The van der Waals surface area contributed by atoms with Crippen LogP contribution in [0.2, 0.25) is 0 Å². The van der Waals surface area contributed by atoms with Crippen molar-refractivity contribution in [1.29, 1.82) is 0 Å². The van der Waals surface area contributed by atoms with Gasteiger partial charge in [0.1, 0.15) is 0 Å². The zero-order valence-corrected chi connectivity index (χ0v) is 18.0. The first-order chi connectivity index (χ1) is 14.3. The molecule has 1 saturated carbocycles. The van der Waals surface area contributed by atoms with Gasteiger partial charge >= 0.3 is 0 Å². The van der Waals surface area contributed by atoms with Crippen LogP contribution in [0.1, 0.15) is 69.9 Å². The maximum absolute atomic E-state index is 13.2. The zero-order chi connectivity index (χ0) is 21.3. The third kappa shape index (κ3) is 2.66. The number of amides is 1. The number of carbonyl (C=O) groups is 1. The van der Waals surface area contributed by atoms with E-state index in [4.69, 9.17) is 0 Å². The first-order valence-electron chi connectivity index (χ1n) is 11.2. The maximum Gasteiger partial charge on any atom is 0.265 e. The third-order valence-electron chi connectivity index (χ3n) is 8.92. The molecule has 1 amide bonds. The fraction of sp³-hybridized carbons (Fsp3) is 0.600. The third-order valence-corrected chi connectivity index (χ3v) is 8.92. The predicted molar refractivity (Wildman–Crippen MR) is 112 cm³/mol. The van der Waals surface area contributed by atoms with Crippen molar-refractivity contribution in [3.63, 3.8) is 0 Å². The summed E-state index contributed by atoms with van der Waals surface area (Å²) in [5.74, 6) is 1.89. The highest BCUT2D eigenvalue weighted by atomic mass is 19.3. The lowest BCUT2D eigenvalue weighted by atomic mass is 9.49. The van der Waals surface area contributed by atoms with Crippen molar-refractivity contribution < 1.29 is 13.6 Å². The van der Waals surface area contributed by atoms with Crippen LogP contribution in [0.15, 0.2) is 36.3 Å². The average Bonchev–Trinajstić information content (AvgIpc) is 3.08. The van der Waals surface area contributed by atoms with Gasteiger partial charge in [0.05, 0.1) is 0 Å². The molecule has 5 atom stereocenters. The van der Waals surface area contributed by atoms with Crippen LogP contribution in [0.3, 0.4) is 0 Å². The van der Waals surface area contributed by atoms with Crippen LogP contribution in [0, 0.1) is 28.6 Å². The monoisotopic (exact) mass is 412 g/mol. The standard InChI is InChI=1S/C25H30F2N2O/c1-24-10-8-20-17(4-7-21-25(20,2)11-9-22(30)29(21)3)19(24)6-5-18(24)15-12-16(23(26)27)14-28-13-15/h5,7,12-14,17,19-20,23H,4,6,8-11H2,1-3H3/t17-,19-,20-,24+,25+/m0/s1. The Morgan fingerprint density at radius 3 is 2.67 bits per heavy atom. The lowest BCUT2D eigenvalue weighted by Crippen LogP contribution is -2.53. The van der Waals surface area contributed by atoms with Gasteiger partial charge in [0, 0.05) is 42.5 Å². The molecule has 1 aromatic rings. The molecule has 0 aromatic carbocycles. The summed E-state index contributed by atoms with van der Waals surface area (Å²) in [5, 5.41) is 0. The van der Waals surface area contributed by atoms with E-state index in [9.17, 15) is 13.6 Å². The zero-order valence-electron chi connectivity index (χ0n) is 18.0. The van der Waals surface area contributed by atoms with E-state index in [2.05, 4.69) is 31.0 Å². The molecule has 5 rings (SSSR count). The summed E-state index contributed by atoms with van der Waals surface area (Å²) in [5.41, 5.74) is 3.36. The number of fused-ring (bicyclic) bond motifs is 5. The molecule has 2 heterocycles. The van der Waals surface area contributed by atoms with Crippen molar-refractivity contribution in [1.82, 2.24) is 9.88 Å². The van der Waals surface area contributed by atoms with Gasteiger partial charge in [-0.05, 0) is 72.5 Å². The number of piperidine rings is 1. The van der Waals surface area contributed by atoms with Crippen molar-refractivity contribution in [2.75, 3.05) is 7.05 Å². The number of hydrogen-bond donors (Lipinski definition) is 0. The number of rotatable bonds is 2. The largest absolute Gasteiger partial charge is 0.319 e. The molecule has 2 fully saturated rings. The van der Waals surface area contributed by atoms with E-state index >= 15 is 0 Å². The Hall–Kier alpha value is -2.04. The van der Waals surface area contributed by atoms with Crippen LogP contribution in [0.5, 0.6) is 0 Å². The number of carbonyl (C=O) groups excluding carboxylic acids is 1. The Labute approximate surface area is 177 Å². The Bertz CT molecular complexity index is 954. The van der Waals surface area contributed by atoms with Gasteiger partial charge in [-0.1, -0.05) is 26.0 Å². The first-order valence-corrected chi connectivity index (χ1v) is 11.2. The molecule has 30 heavy (non-hydrogen) atoms. The fourth-order valence-electron chi connectivity index (χ4n) is 7.32. The van der Waals surface area contributed by atoms with E-state index < -0.39 is 6.43 Å². The summed E-state index contributed by atoms with van der Waals surface area (Å²) in [4.78, 5) is 18.3. The molecule has 160 valence electrons. The van der Waals surface area contributed by atoms with Crippen LogP contribution in [-0.2, 0) is 4.79 Å². The van der Waals surface area contributed by atoms with Gasteiger partial charge in [-0.2, -0.15) is 0 Å². The van der Waals surface area contributed by atoms with Crippen molar-refractivity contribution in [3.05, 3.63) is 47.4 Å². The molecule has 0 bridgehead atoms. The molecule has 0 spiro atoms. The molecular weight excluding hydrogens is 382 g/mol. The number of halogens is 2. The normalized spacial score (nSPS) is 38.0. The highest BCUT2D eigenvalue weighted by Crippen LogP contribution is 2.66. The van der Waals surface area contributed by atoms with Gasteiger partial charge in [-0.3, -0.25) is 9.78 Å². The van der Waals surface area contributed by atoms with Gasteiger partial charge in [0.2, 0.25) is 5.91 Å². The second-order valence-corrected chi connectivity index (χ2v) is 10.2. The van der Waals surface area contributed by atoms with Gasteiger partial charge in [-0.15, -0.1) is 0 Å². The Balaban J connectivity index is 1.47. The molecule has 3 aliphatic carbocycles. The smallest absolute Gasteiger partial charge is 0.265 e. The number of alkyl halides is 2. The molecule has 3 nitrogen and oxygen atoms in total. The van der Waals surface area contributed by atoms with Crippen molar-refractivity contribution >= 4 is 11.5 Å². The highest BCUT2D eigenvalue weighted by Gasteiger charge is 2.57. The lowest BCUT2D eigenvalue weighted by Gasteiger charge is -2.58. The summed E-state index contributed by atoms with van der Waals surface area (Å²) in [7, 11) is 1.93. The van der Waals surface area contributed by atoms with Crippen molar-refractivity contribution in [3.8, 4) is 0 Å². The highest BCUT2D eigenvalue weighted by molar-refractivity contribution is 5.79. The topological polar surface area (TPSA) is 33.2 Å². The van der Waals surface area contributed by atoms with Crippen LogP contribution in [0.4, 0.5) is 8.78 Å². The Morgan fingerprint density at radius 1 is 1.10 bits per heavy atom. The summed E-state index contributed by atoms with van der Waals surface area (Å²) >= 11 is 0. The molecule has 5 heteroatoms. The van der Waals surface area contributed by atoms with Crippen LogP contribution in [0.25, 0.3) is 5.57 Å². The fourth-order valence-corrected chi connectivity index (χ4v) is 7.32. The first kappa shape index (κ1) is 19.9. The summed E-state index contributed by atoms with van der Waals surface area (Å²) in [6, 6.07) is 1.63. The quantitative estimate of drug-likeness (QED) is 0.597. The van der Waals surface area contributed by atoms with Gasteiger partial charge in [0.25, 0.3) is 6.43 Å². The molecule has 0 N–H and O–H groups in total. The number of pyridine rings is 1. The minimum atomic E-state index is -2.49. The maximum atomic E-state index is 13.2. The minimum Gasteiger partial charge on any atom is -0.319 e. The molecule has 1 aliphatic heterocycles. The van der Waals surface area contributed by atoms with Gasteiger partial charge in [0.15, 0.2) is 0 Å².